The van der Waals surface area contributed by atoms with E-state index in [9.17, 15) is 0 Å². The first-order valence-electron chi connectivity index (χ1n) is 6.81. The number of nitrogens with zero attached hydrogens (tertiary/aromatic N) is 2. The van der Waals surface area contributed by atoms with Gasteiger partial charge < -0.3 is 14.6 Å². The standard InChI is InChI=1S/C15H20ClN3O/c1-3-8-19-9-7-18-15(19)14(17-2)11-20-13-6-4-5-12(16)10-13/h4-7,9-10,14,17H,3,8,11H2,1-2H3. The summed E-state index contributed by atoms with van der Waals surface area (Å²) in [5.41, 5.74) is 0. The van der Waals surface area contributed by atoms with Crippen molar-refractivity contribution in [1.82, 2.24) is 14.9 Å². The molecule has 2 rings (SSSR count). The molecule has 0 aliphatic carbocycles. The molecule has 1 aromatic heterocycles. The topological polar surface area (TPSA) is 39.1 Å². The Kier molecular flexibility index (Phi) is 5.44. The van der Waals surface area contributed by atoms with E-state index in [1.54, 1.807) is 0 Å². The third-order valence-corrected chi connectivity index (χ3v) is 3.32. The maximum absolute atomic E-state index is 5.95. The second-order valence-corrected chi connectivity index (χ2v) is 5.02. The minimum atomic E-state index is 0.0514. The molecule has 108 valence electrons. The number of likely N-dealkylation sites (N-methyl/N-ethyl adjacent to an activating group) is 1. The third-order valence-electron chi connectivity index (χ3n) is 3.09. The summed E-state index contributed by atoms with van der Waals surface area (Å²) in [7, 11) is 1.91. The number of hydrogen-bond donors (Lipinski definition) is 1. The van der Waals surface area contributed by atoms with Gasteiger partial charge in [0.15, 0.2) is 0 Å². The number of halogens is 1. The second-order valence-electron chi connectivity index (χ2n) is 4.59. The SMILES string of the molecule is CCCn1ccnc1C(COc1cccc(Cl)c1)NC. The summed E-state index contributed by atoms with van der Waals surface area (Å²) in [4.78, 5) is 4.43. The second kappa shape index (κ2) is 7.31. The molecule has 0 aliphatic rings. The lowest BCUT2D eigenvalue weighted by Crippen LogP contribution is -2.26. The van der Waals surface area contributed by atoms with Gasteiger partial charge in [-0.1, -0.05) is 24.6 Å². The summed E-state index contributed by atoms with van der Waals surface area (Å²) in [5, 5.41) is 3.92. The highest BCUT2D eigenvalue weighted by Gasteiger charge is 2.15. The van der Waals surface area contributed by atoms with Crippen LogP contribution in [0, 0.1) is 0 Å². The van der Waals surface area contributed by atoms with Crippen LogP contribution >= 0.6 is 11.6 Å². The van der Waals surface area contributed by atoms with Gasteiger partial charge in [-0.2, -0.15) is 0 Å². The fourth-order valence-corrected chi connectivity index (χ4v) is 2.26. The number of imidazole rings is 1. The summed E-state index contributed by atoms with van der Waals surface area (Å²) in [6.07, 6.45) is 4.91. The van der Waals surface area contributed by atoms with Crippen LogP contribution in [0.5, 0.6) is 5.75 Å². The van der Waals surface area contributed by atoms with E-state index >= 15 is 0 Å². The Hall–Kier alpha value is -1.52. The third kappa shape index (κ3) is 3.74. The number of aryl methyl sites for hydroxylation is 1. The van der Waals surface area contributed by atoms with Crippen LogP contribution in [-0.2, 0) is 6.54 Å². The summed E-state index contributed by atoms with van der Waals surface area (Å²) in [5.74, 6) is 1.77. The van der Waals surface area contributed by atoms with Crippen molar-refractivity contribution in [3.8, 4) is 5.75 Å². The van der Waals surface area contributed by atoms with Crippen LogP contribution < -0.4 is 10.1 Å². The number of benzene rings is 1. The van der Waals surface area contributed by atoms with E-state index in [1.807, 2.05) is 43.7 Å². The van der Waals surface area contributed by atoms with Crippen LogP contribution in [-0.4, -0.2) is 23.2 Å². The van der Waals surface area contributed by atoms with Gasteiger partial charge in [-0.3, -0.25) is 0 Å². The Morgan fingerprint density at radius 2 is 2.30 bits per heavy atom. The van der Waals surface area contributed by atoms with Gasteiger partial charge in [0.25, 0.3) is 0 Å². The van der Waals surface area contributed by atoms with Crippen molar-refractivity contribution in [1.29, 1.82) is 0 Å². The highest BCUT2D eigenvalue weighted by molar-refractivity contribution is 6.30. The number of rotatable bonds is 7. The van der Waals surface area contributed by atoms with Crippen molar-refractivity contribution in [2.45, 2.75) is 25.9 Å². The van der Waals surface area contributed by atoms with Crippen molar-refractivity contribution < 1.29 is 4.74 Å². The van der Waals surface area contributed by atoms with Crippen molar-refractivity contribution in [2.75, 3.05) is 13.7 Å². The number of nitrogens with one attached hydrogen (secondary N) is 1. The van der Waals surface area contributed by atoms with Gasteiger partial charge in [-0.25, -0.2) is 4.98 Å². The average molecular weight is 294 g/mol. The van der Waals surface area contributed by atoms with E-state index in [4.69, 9.17) is 16.3 Å². The van der Waals surface area contributed by atoms with Crippen LogP contribution in [0.2, 0.25) is 5.02 Å². The maximum Gasteiger partial charge on any atom is 0.129 e. The monoisotopic (exact) mass is 293 g/mol. The summed E-state index contributed by atoms with van der Waals surface area (Å²) >= 11 is 5.95. The lowest BCUT2D eigenvalue weighted by atomic mass is 10.3. The first kappa shape index (κ1) is 14.9. The van der Waals surface area contributed by atoms with Crippen LogP contribution in [0.25, 0.3) is 0 Å². The Morgan fingerprint density at radius 1 is 1.45 bits per heavy atom. The molecule has 0 saturated carbocycles. The van der Waals surface area contributed by atoms with E-state index in [1.165, 1.54) is 0 Å². The molecule has 0 fully saturated rings. The minimum absolute atomic E-state index is 0.0514. The van der Waals surface area contributed by atoms with Gasteiger partial charge in [0, 0.05) is 24.0 Å². The van der Waals surface area contributed by atoms with Gasteiger partial charge in [0.05, 0.1) is 0 Å². The Balaban J connectivity index is 2.03. The molecule has 0 spiro atoms. The zero-order valence-corrected chi connectivity index (χ0v) is 12.6. The molecule has 4 nitrogen and oxygen atoms in total. The number of ether oxygens (including phenoxy) is 1. The minimum Gasteiger partial charge on any atom is -0.491 e. The van der Waals surface area contributed by atoms with Gasteiger partial charge in [-0.15, -0.1) is 0 Å². The molecule has 1 atom stereocenters. The van der Waals surface area contributed by atoms with E-state index < -0.39 is 0 Å². The molecule has 1 N–H and O–H groups in total. The van der Waals surface area contributed by atoms with Crippen molar-refractivity contribution >= 4 is 11.6 Å². The van der Waals surface area contributed by atoms with E-state index in [0.29, 0.717) is 11.6 Å². The van der Waals surface area contributed by atoms with Crippen LogP contribution in [0.3, 0.4) is 0 Å². The van der Waals surface area contributed by atoms with Gasteiger partial charge in [-0.05, 0) is 31.7 Å². The summed E-state index contributed by atoms with van der Waals surface area (Å²) < 4.78 is 7.95. The highest BCUT2D eigenvalue weighted by atomic mass is 35.5. The van der Waals surface area contributed by atoms with Gasteiger partial charge in [0.1, 0.15) is 24.2 Å². The van der Waals surface area contributed by atoms with E-state index in [2.05, 4.69) is 21.8 Å². The normalized spacial score (nSPS) is 12.3. The van der Waals surface area contributed by atoms with Crippen LogP contribution in [0.1, 0.15) is 25.2 Å². The average Bonchev–Trinajstić information content (AvgIpc) is 2.89. The molecule has 1 unspecified atom stereocenters. The van der Waals surface area contributed by atoms with Gasteiger partial charge in [0.2, 0.25) is 0 Å². The zero-order valence-electron chi connectivity index (χ0n) is 11.8. The molecule has 1 heterocycles. The fourth-order valence-electron chi connectivity index (χ4n) is 2.08. The summed E-state index contributed by atoms with van der Waals surface area (Å²) in [6, 6.07) is 7.47. The quantitative estimate of drug-likeness (QED) is 0.851. The molecule has 0 bridgehead atoms. The van der Waals surface area contributed by atoms with Crippen LogP contribution in [0.4, 0.5) is 0 Å². The Morgan fingerprint density at radius 3 is 3.00 bits per heavy atom. The lowest BCUT2D eigenvalue weighted by molar-refractivity contribution is 0.264. The Bertz CT molecular complexity index is 541. The highest BCUT2D eigenvalue weighted by Crippen LogP contribution is 2.19. The molecule has 0 saturated heterocycles. The van der Waals surface area contributed by atoms with Crippen LogP contribution in [0.15, 0.2) is 36.7 Å². The molecular weight excluding hydrogens is 274 g/mol. The largest absolute Gasteiger partial charge is 0.491 e. The van der Waals surface area contributed by atoms with Crippen molar-refractivity contribution in [3.63, 3.8) is 0 Å². The van der Waals surface area contributed by atoms with Crippen molar-refractivity contribution in [2.24, 2.45) is 0 Å². The molecular formula is C15H20ClN3O. The molecule has 0 aliphatic heterocycles. The lowest BCUT2D eigenvalue weighted by Gasteiger charge is -2.18. The predicted octanol–water partition coefficient (Wildman–Crippen LogP) is 3.29. The Labute approximate surface area is 124 Å². The molecule has 2 aromatic rings. The number of aromatic nitrogens is 2. The van der Waals surface area contributed by atoms with Crippen molar-refractivity contribution in [3.05, 3.63) is 47.5 Å². The first-order valence-corrected chi connectivity index (χ1v) is 7.19. The zero-order chi connectivity index (χ0) is 14.4. The molecule has 1 aromatic carbocycles. The molecule has 5 heteroatoms. The predicted molar refractivity (Wildman–Crippen MR) is 81.3 cm³/mol. The molecule has 0 amide bonds. The smallest absolute Gasteiger partial charge is 0.129 e. The summed E-state index contributed by atoms with van der Waals surface area (Å²) in [6.45, 7) is 3.63. The fraction of sp³-hybridized carbons (Fsp3) is 0.400. The molecule has 20 heavy (non-hydrogen) atoms. The van der Waals surface area contributed by atoms with E-state index in [0.717, 1.165) is 24.5 Å². The maximum atomic E-state index is 5.95. The number of hydrogen-bond acceptors (Lipinski definition) is 3. The van der Waals surface area contributed by atoms with E-state index in [-0.39, 0.29) is 6.04 Å². The van der Waals surface area contributed by atoms with Gasteiger partial charge >= 0.3 is 0 Å². The molecule has 0 radical (unpaired) electrons. The first-order chi connectivity index (χ1) is 9.74.